The molecule has 1 aromatic carbocycles. The molecule has 0 fully saturated rings. The van der Waals surface area contributed by atoms with E-state index in [1.165, 1.54) is 0 Å². The molecule has 1 atom stereocenters. The Labute approximate surface area is 133 Å². The maximum absolute atomic E-state index is 12.0. The van der Waals surface area contributed by atoms with E-state index in [1.54, 1.807) is 27.0 Å². The molecule has 0 unspecified atom stereocenters. The van der Waals surface area contributed by atoms with Gasteiger partial charge in [0.25, 0.3) is 0 Å². The number of hydrogen-bond donors (Lipinski definition) is 3. The van der Waals surface area contributed by atoms with Crippen molar-refractivity contribution in [3.05, 3.63) is 23.8 Å². The van der Waals surface area contributed by atoms with Crippen LogP contribution in [0.3, 0.4) is 0 Å². The molecule has 22 heavy (non-hydrogen) atoms. The molecule has 0 spiro atoms. The summed E-state index contributed by atoms with van der Waals surface area (Å²) in [6.07, 6.45) is 2.41. The van der Waals surface area contributed by atoms with Gasteiger partial charge in [0.1, 0.15) is 5.75 Å². The second-order valence-electron chi connectivity index (χ2n) is 6.39. The highest BCUT2D eigenvalue weighted by Gasteiger charge is 2.14. The van der Waals surface area contributed by atoms with E-state index in [0.717, 1.165) is 30.5 Å². The Morgan fingerprint density at radius 3 is 2.68 bits per heavy atom. The van der Waals surface area contributed by atoms with Crippen molar-refractivity contribution >= 4 is 11.7 Å². The average molecular weight is 308 g/mol. The molecular weight excluding hydrogens is 280 g/mol. The highest BCUT2D eigenvalue weighted by molar-refractivity contribution is 5.90. The highest BCUT2D eigenvalue weighted by atomic mass is 16.5. The maximum atomic E-state index is 12.0. The topological polar surface area (TPSA) is 70.6 Å². The number of carbonyl (C=O) groups is 1. The van der Waals surface area contributed by atoms with Gasteiger partial charge in [0.2, 0.25) is 0 Å². The lowest BCUT2D eigenvalue weighted by atomic mass is 10.00. The molecule has 0 bridgehead atoms. The molecule has 0 heterocycles. The summed E-state index contributed by atoms with van der Waals surface area (Å²) in [5.74, 6) is 0.708. The fraction of sp³-hybridized carbons (Fsp3) is 0.588. The number of rotatable bonds is 7. The van der Waals surface area contributed by atoms with Crippen LogP contribution in [0.2, 0.25) is 0 Å². The first-order valence-corrected chi connectivity index (χ1v) is 7.66. The minimum atomic E-state index is -0.653. The molecule has 3 N–H and O–H groups in total. The third kappa shape index (κ3) is 6.80. The molecule has 0 radical (unpaired) electrons. The van der Waals surface area contributed by atoms with Gasteiger partial charge in [-0.05, 0) is 58.6 Å². The summed E-state index contributed by atoms with van der Waals surface area (Å²) in [4.78, 5) is 12.0. The van der Waals surface area contributed by atoms with Crippen LogP contribution in [0.5, 0.6) is 5.75 Å². The van der Waals surface area contributed by atoms with Gasteiger partial charge in [0.05, 0.1) is 12.7 Å². The van der Waals surface area contributed by atoms with E-state index < -0.39 is 5.60 Å². The van der Waals surface area contributed by atoms with Crippen molar-refractivity contribution in [2.75, 3.05) is 12.4 Å². The Morgan fingerprint density at radius 2 is 2.09 bits per heavy atom. The molecule has 124 valence electrons. The molecule has 2 amide bonds. The number of hydrogen-bond acceptors (Lipinski definition) is 3. The van der Waals surface area contributed by atoms with E-state index in [-0.39, 0.29) is 12.1 Å². The molecule has 1 aromatic rings. The highest BCUT2D eigenvalue weighted by Crippen LogP contribution is 2.21. The molecule has 0 aliphatic rings. The van der Waals surface area contributed by atoms with Crippen LogP contribution in [0, 0.1) is 6.92 Å². The zero-order chi connectivity index (χ0) is 16.8. The maximum Gasteiger partial charge on any atom is 0.319 e. The zero-order valence-corrected chi connectivity index (χ0v) is 14.2. The van der Waals surface area contributed by atoms with Gasteiger partial charge in [0, 0.05) is 17.8 Å². The quantitative estimate of drug-likeness (QED) is 0.722. The lowest BCUT2D eigenvalue weighted by molar-refractivity contribution is 0.0676. The molecule has 5 nitrogen and oxygen atoms in total. The Hall–Kier alpha value is -1.75. The smallest absolute Gasteiger partial charge is 0.319 e. The van der Waals surface area contributed by atoms with Gasteiger partial charge in [-0.15, -0.1) is 0 Å². The summed E-state index contributed by atoms with van der Waals surface area (Å²) in [5, 5.41) is 15.4. The van der Waals surface area contributed by atoms with E-state index in [9.17, 15) is 9.90 Å². The summed E-state index contributed by atoms with van der Waals surface area (Å²) >= 11 is 0. The second-order valence-corrected chi connectivity index (χ2v) is 6.39. The molecule has 1 rings (SSSR count). The molecule has 0 aliphatic carbocycles. The number of methoxy groups -OCH3 is 1. The SMILES string of the molecule is COc1ccc(C)c(NC(=O)N[C@H](C)CCCC(C)(C)O)c1. The van der Waals surface area contributed by atoms with Gasteiger partial charge in [-0.2, -0.15) is 0 Å². The van der Waals surface area contributed by atoms with Gasteiger partial charge < -0.3 is 20.5 Å². The Bertz CT molecular complexity index is 495. The molecule has 0 saturated heterocycles. The normalized spacial score (nSPS) is 12.6. The van der Waals surface area contributed by atoms with Gasteiger partial charge in [-0.3, -0.25) is 0 Å². The zero-order valence-electron chi connectivity index (χ0n) is 14.2. The minimum absolute atomic E-state index is 0.0493. The second kappa shape index (κ2) is 8.03. The van der Waals surface area contributed by atoms with Crippen LogP contribution in [-0.4, -0.2) is 29.9 Å². The lowest BCUT2D eigenvalue weighted by Crippen LogP contribution is -2.36. The molecule has 5 heteroatoms. The molecule has 0 aromatic heterocycles. The van der Waals surface area contributed by atoms with E-state index in [4.69, 9.17) is 4.74 Å². The van der Waals surface area contributed by atoms with E-state index >= 15 is 0 Å². The Kier molecular flexibility index (Phi) is 6.68. The summed E-state index contributed by atoms with van der Waals surface area (Å²) in [7, 11) is 1.60. The monoisotopic (exact) mass is 308 g/mol. The van der Waals surface area contributed by atoms with Crippen molar-refractivity contribution in [3.63, 3.8) is 0 Å². The fourth-order valence-electron chi connectivity index (χ4n) is 2.16. The first kappa shape index (κ1) is 18.3. The standard InChI is InChI=1S/C17H28N2O3/c1-12-8-9-14(22-5)11-15(12)19-16(20)18-13(2)7-6-10-17(3,4)21/h8-9,11,13,21H,6-7,10H2,1-5H3,(H2,18,19,20)/t13-/m1/s1. The summed E-state index contributed by atoms with van der Waals surface area (Å²) < 4.78 is 5.16. The largest absolute Gasteiger partial charge is 0.497 e. The number of aryl methyl sites for hydroxylation is 1. The Morgan fingerprint density at radius 1 is 1.41 bits per heavy atom. The minimum Gasteiger partial charge on any atom is -0.497 e. The van der Waals surface area contributed by atoms with Crippen LogP contribution in [0.4, 0.5) is 10.5 Å². The summed E-state index contributed by atoms with van der Waals surface area (Å²) in [6, 6.07) is 5.38. The van der Waals surface area contributed by atoms with Gasteiger partial charge in [-0.1, -0.05) is 6.07 Å². The van der Waals surface area contributed by atoms with E-state index in [1.807, 2.05) is 26.0 Å². The van der Waals surface area contributed by atoms with Crippen molar-refractivity contribution in [2.45, 2.75) is 58.6 Å². The van der Waals surface area contributed by atoms with Crippen LogP contribution in [0.1, 0.15) is 45.6 Å². The number of urea groups is 1. The number of benzene rings is 1. The van der Waals surface area contributed by atoms with Crippen molar-refractivity contribution in [1.82, 2.24) is 5.32 Å². The van der Waals surface area contributed by atoms with Crippen molar-refractivity contribution < 1.29 is 14.6 Å². The van der Waals surface area contributed by atoms with Crippen molar-refractivity contribution in [1.29, 1.82) is 0 Å². The molecule has 0 aliphatic heterocycles. The third-order valence-corrected chi connectivity index (χ3v) is 3.50. The van der Waals surface area contributed by atoms with Gasteiger partial charge in [-0.25, -0.2) is 4.79 Å². The van der Waals surface area contributed by atoms with Gasteiger partial charge >= 0.3 is 6.03 Å². The number of anilines is 1. The van der Waals surface area contributed by atoms with Crippen LogP contribution in [-0.2, 0) is 0 Å². The number of aliphatic hydroxyl groups is 1. The van der Waals surface area contributed by atoms with Crippen LogP contribution >= 0.6 is 0 Å². The van der Waals surface area contributed by atoms with Crippen molar-refractivity contribution in [2.24, 2.45) is 0 Å². The average Bonchev–Trinajstić information content (AvgIpc) is 2.39. The van der Waals surface area contributed by atoms with Crippen LogP contribution < -0.4 is 15.4 Å². The number of amides is 2. The van der Waals surface area contributed by atoms with E-state index in [0.29, 0.717) is 5.75 Å². The Balaban J connectivity index is 2.45. The third-order valence-electron chi connectivity index (χ3n) is 3.50. The predicted octanol–water partition coefficient (Wildman–Crippen LogP) is 3.45. The molecule has 0 saturated carbocycles. The molecular formula is C17H28N2O3. The van der Waals surface area contributed by atoms with Crippen LogP contribution in [0.25, 0.3) is 0 Å². The number of nitrogens with one attached hydrogen (secondary N) is 2. The van der Waals surface area contributed by atoms with Crippen LogP contribution in [0.15, 0.2) is 18.2 Å². The fourth-order valence-corrected chi connectivity index (χ4v) is 2.16. The van der Waals surface area contributed by atoms with Gasteiger partial charge in [0.15, 0.2) is 0 Å². The van der Waals surface area contributed by atoms with E-state index in [2.05, 4.69) is 10.6 Å². The predicted molar refractivity (Wildman–Crippen MR) is 89.5 cm³/mol. The number of carbonyl (C=O) groups excluding carboxylic acids is 1. The first-order chi connectivity index (χ1) is 10.2. The summed E-state index contributed by atoms with van der Waals surface area (Å²) in [6.45, 7) is 7.48. The number of ether oxygens (including phenoxy) is 1. The lowest BCUT2D eigenvalue weighted by Gasteiger charge is -2.19. The van der Waals surface area contributed by atoms with Crippen molar-refractivity contribution in [3.8, 4) is 5.75 Å². The first-order valence-electron chi connectivity index (χ1n) is 7.66. The summed E-state index contributed by atoms with van der Waals surface area (Å²) in [5.41, 5.74) is 1.06.